The van der Waals surface area contributed by atoms with E-state index in [-0.39, 0.29) is 37.5 Å². The lowest BCUT2D eigenvalue weighted by atomic mass is 9.96. The molecular formula is C18H21F3N4O3. The highest BCUT2D eigenvalue weighted by Crippen LogP contribution is 2.24. The van der Waals surface area contributed by atoms with Crippen molar-refractivity contribution in [2.75, 3.05) is 19.6 Å². The Hall–Kier alpha value is -2.78. The predicted molar refractivity (Wildman–Crippen MR) is 95.5 cm³/mol. The third-order valence-corrected chi connectivity index (χ3v) is 4.93. The maximum atomic E-state index is 12.4. The number of para-hydroxylation sites is 2. The summed E-state index contributed by atoms with van der Waals surface area (Å²) in [5.41, 5.74) is 1.33. The molecule has 2 amide bonds. The molecule has 152 valence electrons. The average molecular weight is 398 g/mol. The van der Waals surface area contributed by atoms with Crippen molar-refractivity contribution in [3.63, 3.8) is 0 Å². The minimum Gasteiger partial charge on any atom is -0.356 e. The van der Waals surface area contributed by atoms with Gasteiger partial charge in [-0.25, -0.2) is 4.79 Å². The van der Waals surface area contributed by atoms with Crippen molar-refractivity contribution in [1.82, 2.24) is 19.8 Å². The Balaban J connectivity index is 1.43. The lowest BCUT2D eigenvalue weighted by Crippen LogP contribution is -2.47. The van der Waals surface area contributed by atoms with Crippen molar-refractivity contribution in [3.8, 4) is 0 Å². The number of halogens is 3. The molecule has 1 aromatic heterocycles. The molecule has 10 heteroatoms. The van der Waals surface area contributed by atoms with Gasteiger partial charge in [0.15, 0.2) is 0 Å². The van der Waals surface area contributed by atoms with Crippen LogP contribution in [-0.4, -0.2) is 52.1 Å². The smallest absolute Gasteiger partial charge is 0.356 e. The monoisotopic (exact) mass is 398 g/mol. The minimum atomic E-state index is -4.88. The van der Waals surface area contributed by atoms with Crippen LogP contribution in [0.4, 0.5) is 13.2 Å². The van der Waals surface area contributed by atoms with Gasteiger partial charge in [-0.3, -0.25) is 14.2 Å². The van der Waals surface area contributed by atoms with Crippen molar-refractivity contribution < 1.29 is 22.8 Å². The molecule has 0 bridgehead atoms. The van der Waals surface area contributed by atoms with Gasteiger partial charge in [-0.1, -0.05) is 12.1 Å². The van der Waals surface area contributed by atoms with Crippen LogP contribution in [0.5, 0.6) is 0 Å². The Morgan fingerprint density at radius 1 is 1.18 bits per heavy atom. The largest absolute Gasteiger partial charge is 0.471 e. The third-order valence-electron chi connectivity index (χ3n) is 4.93. The first-order valence-electron chi connectivity index (χ1n) is 9.08. The molecule has 0 saturated carbocycles. The standard InChI is InChI=1S/C18H21F3N4O3/c19-18(20,21)16(27)24-10-6-12(7-11-24)15(26)22-8-3-9-25-14-5-2-1-4-13(14)23-17(25)28/h1-2,4-5,12H,3,6-11H2,(H,22,26)(H,23,28). The minimum absolute atomic E-state index is 0.0822. The maximum Gasteiger partial charge on any atom is 0.471 e. The average Bonchev–Trinajstić information content (AvgIpc) is 2.99. The number of nitrogens with one attached hydrogen (secondary N) is 2. The zero-order chi connectivity index (χ0) is 20.3. The summed E-state index contributed by atoms with van der Waals surface area (Å²) in [6.07, 6.45) is -3.93. The van der Waals surface area contributed by atoms with Crippen LogP contribution in [0.15, 0.2) is 29.1 Å². The van der Waals surface area contributed by atoms with Crippen molar-refractivity contribution in [3.05, 3.63) is 34.7 Å². The van der Waals surface area contributed by atoms with E-state index in [1.165, 1.54) is 0 Å². The quantitative estimate of drug-likeness (QED) is 0.751. The Morgan fingerprint density at radius 2 is 1.86 bits per heavy atom. The number of piperidine rings is 1. The van der Waals surface area contributed by atoms with E-state index >= 15 is 0 Å². The highest BCUT2D eigenvalue weighted by molar-refractivity contribution is 5.83. The highest BCUT2D eigenvalue weighted by atomic mass is 19.4. The van der Waals surface area contributed by atoms with Gasteiger partial charge in [0, 0.05) is 32.1 Å². The SMILES string of the molecule is O=C(NCCCn1c(=O)[nH]c2ccccc21)C1CCN(C(=O)C(F)(F)F)CC1. The fourth-order valence-corrected chi connectivity index (χ4v) is 3.45. The van der Waals surface area contributed by atoms with E-state index in [1.54, 1.807) is 4.57 Å². The zero-order valence-electron chi connectivity index (χ0n) is 15.1. The first kappa shape index (κ1) is 20.0. The second kappa shape index (κ2) is 8.07. The molecule has 1 fully saturated rings. The molecule has 0 unspecified atom stereocenters. The number of aromatic amines is 1. The van der Waals surface area contributed by atoms with E-state index < -0.39 is 18.0 Å². The predicted octanol–water partition coefficient (Wildman–Crippen LogP) is 1.64. The molecule has 2 N–H and O–H groups in total. The van der Waals surface area contributed by atoms with Crippen molar-refractivity contribution in [2.45, 2.75) is 32.0 Å². The molecule has 1 aliphatic rings. The van der Waals surface area contributed by atoms with Gasteiger partial charge < -0.3 is 15.2 Å². The molecule has 1 aliphatic heterocycles. The van der Waals surface area contributed by atoms with Crippen LogP contribution in [0.3, 0.4) is 0 Å². The summed E-state index contributed by atoms with van der Waals surface area (Å²) in [4.78, 5) is 38.9. The number of rotatable bonds is 5. The highest BCUT2D eigenvalue weighted by Gasteiger charge is 2.43. The number of nitrogens with zero attached hydrogens (tertiary/aromatic N) is 2. The van der Waals surface area contributed by atoms with Gasteiger partial charge in [0.05, 0.1) is 11.0 Å². The van der Waals surface area contributed by atoms with Crippen LogP contribution in [-0.2, 0) is 16.1 Å². The Bertz CT molecular complexity index is 911. The number of aryl methyl sites for hydroxylation is 1. The lowest BCUT2D eigenvalue weighted by molar-refractivity contribution is -0.186. The molecule has 0 radical (unpaired) electrons. The number of imidazole rings is 1. The Labute approximate surface area is 158 Å². The number of carbonyl (C=O) groups excluding carboxylic acids is 2. The molecule has 3 rings (SSSR count). The van der Waals surface area contributed by atoms with Crippen LogP contribution in [0.25, 0.3) is 11.0 Å². The number of benzene rings is 1. The van der Waals surface area contributed by atoms with Crippen LogP contribution < -0.4 is 11.0 Å². The maximum absolute atomic E-state index is 12.4. The summed E-state index contributed by atoms with van der Waals surface area (Å²) >= 11 is 0. The van der Waals surface area contributed by atoms with Gasteiger partial charge in [0.2, 0.25) is 5.91 Å². The molecule has 2 aromatic rings. The van der Waals surface area contributed by atoms with Crippen molar-refractivity contribution >= 4 is 22.8 Å². The van der Waals surface area contributed by atoms with Crippen LogP contribution in [0.2, 0.25) is 0 Å². The van der Waals surface area contributed by atoms with E-state index in [0.29, 0.717) is 19.5 Å². The number of carbonyl (C=O) groups is 2. The molecule has 1 saturated heterocycles. The van der Waals surface area contributed by atoms with E-state index in [2.05, 4.69) is 10.3 Å². The van der Waals surface area contributed by atoms with Gasteiger partial charge in [-0.15, -0.1) is 0 Å². The summed E-state index contributed by atoms with van der Waals surface area (Å²) in [7, 11) is 0. The fourth-order valence-electron chi connectivity index (χ4n) is 3.45. The van der Waals surface area contributed by atoms with E-state index in [4.69, 9.17) is 0 Å². The summed E-state index contributed by atoms with van der Waals surface area (Å²) in [6, 6.07) is 7.31. The van der Waals surface area contributed by atoms with Gasteiger partial charge >= 0.3 is 17.8 Å². The molecule has 28 heavy (non-hydrogen) atoms. The van der Waals surface area contributed by atoms with Gasteiger partial charge in [0.1, 0.15) is 0 Å². The number of likely N-dealkylation sites (tertiary alicyclic amines) is 1. The molecule has 1 aromatic carbocycles. The molecule has 0 atom stereocenters. The number of amides is 2. The fraction of sp³-hybridized carbons (Fsp3) is 0.500. The Morgan fingerprint density at radius 3 is 2.54 bits per heavy atom. The van der Waals surface area contributed by atoms with Crippen molar-refractivity contribution in [2.24, 2.45) is 5.92 Å². The van der Waals surface area contributed by atoms with Gasteiger partial charge in [0.25, 0.3) is 0 Å². The second-order valence-corrected chi connectivity index (χ2v) is 6.81. The molecule has 7 nitrogen and oxygen atoms in total. The summed E-state index contributed by atoms with van der Waals surface area (Å²) in [5.74, 6) is -2.49. The first-order chi connectivity index (χ1) is 13.3. The summed E-state index contributed by atoms with van der Waals surface area (Å²) < 4.78 is 38.9. The third kappa shape index (κ3) is 4.37. The normalized spacial score (nSPS) is 15.8. The molecule has 0 aliphatic carbocycles. The number of hydrogen-bond acceptors (Lipinski definition) is 3. The number of alkyl halides is 3. The molecular weight excluding hydrogens is 377 g/mol. The summed E-state index contributed by atoms with van der Waals surface area (Å²) in [6.45, 7) is 0.621. The second-order valence-electron chi connectivity index (χ2n) is 6.81. The van der Waals surface area contributed by atoms with Crippen LogP contribution in [0, 0.1) is 5.92 Å². The van der Waals surface area contributed by atoms with Crippen LogP contribution >= 0.6 is 0 Å². The topological polar surface area (TPSA) is 87.2 Å². The molecule has 2 heterocycles. The molecule has 0 spiro atoms. The number of fused-ring (bicyclic) bond motifs is 1. The van der Waals surface area contributed by atoms with E-state index in [0.717, 1.165) is 15.9 Å². The van der Waals surface area contributed by atoms with E-state index in [9.17, 15) is 27.6 Å². The van der Waals surface area contributed by atoms with E-state index in [1.807, 2.05) is 24.3 Å². The van der Waals surface area contributed by atoms with Gasteiger partial charge in [-0.2, -0.15) is 13.2 Å². The number of aromatic nitrogens is 2. The summed E-state index contributed by atoms with van der Waals surface area (Å²) in [5, 5.41) is 2.77. The zero-order valence-corrected chi connectivity index (χ0v) is 15.1. The van der Waals surface area contributed by atoms with Crippen molar-refractivity contribution in [1.29, 1.82) is 0 Å². The van der Waals surface area contributed by atoms with Crippen LogP contribution in [0.1, 0.15) is 19.3 Å². The Kier molecular flexibility index (Phi) is 5.76. The number of H-pyrrole nitrogens is 1. The lowest BCUT2D eigenvalue weighted by Gasteiger charge is -2.31. The van der Waals surface area contributed by atoms with Gasteiger partial charge in [-0.05, 0) is 31.4 Å². The first-order valence-corrected chi connectivity index (χ1v) is 9.08. The number of hydrogen-bond donors (Lipinski definition) is 2.